The summed E-state index contributed by atoms with van der Waals surface area (Å²) in [4.78, 5) is 14.9. The van der Waals surface area contributed by atoms with Gasteiger partial charge in [-0.1, -0.05) is 17.7 Å². The number of ether oxygens (including phenoxy) is 3. The van der Waals surface area contributed by atoms with Crippen LogP contribution in [0.3, 0.4) is 0 Å². The first-order valence-corrected chi connectivity index (χ1v) is 16.9. The molecule has 49 heavy (non-hydrogen) atoms. The van der Waals surface area contributed by atoms with Crippen LogP contribution in [-0.2, 0) is 4.74 Å². The number of allylic oxidation sites excluding steroid dienone is 1. The van der Waals surface area contributed by atoms with E-state index in [9.17, 15) is 17.6 Å². The Kier molecular flexibility index (Phi) is 8.18. The van der Waals surface area contributed by atoms with Crippen LogP contribution in [0.4, 0.5) is 22.0 Å². The highest BCUT2D eigenvalue weighted by Crippen LogP contribution is 2.55. The highest BCUT2D eigenvalue weighted by Gasteiger charge is 2.49. The molecule has 3 saturated heterocycles. The van der Waals surface area contributed by atoms with E-state index in [4.69, 9.17) is 25.8 Å². The lowest BCUT2D eigenvalue weighted by atomic mass is 9.94. The van der Waals surface area contributed by atoms with E-state index in [1.54, 1.807) is 10.9 Å². The molecule has 0 radical (unpaired) electrons. The minimum atomic E-state index is -4.69. The molecule has 1 unspecified atom stereocenters. The summed E-state index contributed by atoms with van der Waals surface area (Å²) in [6.07, 6.45) is 3.84. The highest BCUT2D eigenvalue weighted by atomic mass is 35.5. The molecular formula is C34H34ClF5N6O3. The van der Waals surface area contributed by atoms with Crippen LogP contribution in [0.15, 0.2) is 31.1 Å². The van der Waals surface area contributed by atoms with E-state index in [-0.39, 0.29) is 60.2 Å². The summed E-state index contributed by atoms with van der Waals surface area (Å²) in [5.41, 5.74) is 0.699. The maximum absolute atomic E-state index is 17.0. The third-order valence-electron chi connectivity index (χ3n) is 10.3. The third kappa shape index (κ3) is 5.89. The number of benzene rings is 1. The van der Waals surface area contributed by atoms with Crippen molar-refractivity contribution in [3.8, 4) is 23.1 Å². The Labute approximate surface area is 283 Å². The average molecular weight is 705 g/mol. The lowest BCUT2D eigenvalue weighted by molar-refractivity contribution is -0.153. The Morgan fingerprint density at radius 1 is 1.14 bits per heavy atom. The monoisotopic (exact) mass is 704 g/mol. The zero-order valence-corrected chi connectivity index (χ0v) is 27.2. The topological polar surface area (TPSA) is 87.4 Å². The molecule has 4 aromatic rings. The van der Waals surface area contributed by atoms with Gasteiger partial charge in [-0.15, -0.1) is 6.58 Å². The Morgan fingerprint density at radius 2 is 2.00 bits per heavy atom. The third-order valence-corrected chi connectivity index (χ3v) is 10.6. The van der Waals surface area contributed by atoms with Crippen LogP contribution in [0, 0.1) is 11.7 Å². The molecule has 4 aliphatic rings. The van der Waals surface area contributed by atoms with Gasteiger partial charge in [0.05, 0.1) is 22.6 Å². The molecule has 1 saturated carbocycles. The fourth-order valence-electron chi connectivity index (χ4n) is 7.90. The van der Waals surface area contributed by atoms with E-state index in [1.807, 2.05) is 17.0 Å². The van der Waals surface area contributed by atoms with E-state index in [1.165, 1.54) is 6.20 Å². The zero-order valence-electron chi connectivity index (χ0n) is 26.5. The molecule has 0 bridgehead atoms. The lowest BCUT2D eigenvalue weighted by Gasteiger charge is -2.30. The van der Waals surface area contributed by atoms with Crippen LogP contribution in [0.25, 0.3) is 33.1 Å². The van der Waals surface area contributed by atoms with Crippen molar-refractivity contribution >= 4 is 33.4 Å². The summed E-state index contributed by atoms with van der Waals surface area (Å²) in [5.74, 6) is -1.37. The summed E-state index contributed by atoms with van der Waals surface area (Å²) >= 11 is 6.98. The van der Waals surface area contributed by atoms with Gasteiger partial charge >= 0.3 is 12.2 Å². The number of halogens is 6. The Bertz CT molecular complexity index is 1930. The van der Waals surface area contributed by atoms with Crippen molar-refractivity contribution in [2.75, 3.05) is 32.9 Å². The number of aromatic nitrogens is 5. The second-order valence-electron chi connectivity index (χ2n) is 13.5. The minimum absolute atomic E-state index is 0.0106. The molecular weight excluding hydrogens is 671 g/mol. The van der Waals surface area contributed by atoms with Crippen LogP contribution >= 0.6 is 11.6 Å². The van der Waals surface area contributed by atoms with E-state index in [2.05, 4.69) is 26.6 Å². The van der Waals surface area contributed by atoms with Crippen molar-refractivity contribution in [2.45, 2.75) is 75.0 Å². The van der Waals surface area contributed by atoms with E-state index in [0.717, 1.165) is 32.1 Å². The van der Waals surface area contributed by atoms with Gasteiger partial charge in [-0.05, 0) is 68.5 Å². The molecule has 4 fully saturated rings. The van der Waals surface area contributed by atoms with Crippen LogP contribution in [0.5, 0.6) is 11.9 Å². The minimum Gasteiger partial charge on any atom is -0.467 e. The molecule has 3 aliphatic heterocycles. The molecule has 3 aromatic heterocycles. The van der Waals surface area contributed by atoms with Crippen molar-refractivity contribution < 1.29 is 36.2 Å². The number of rotatable bonds is 9. The molecule has 1 aliphatic carbocycles. The van der Waals surface area contributed by atoms with Gasteiger partial charge in [-0.2, -0.15) is 28.2 Å². The van der Waals surface area contributed by atoms with E-state index >= 15 is 4.39 Å². The van der Waals surface area contributed by atoms with Gasteiger partial charge in [0.25, 0.3) is 0 Å². The van der Waals surface area contributed by atoms with E-state index in [0.29, 0.717) is 46.6 Å². The van der Waals surface area contributed by atoms with Crippen molar-refractivity contribution in [3.05, 3.63) is 47.5 Å². The maximum atomic E-state index is 17.0. The smallest absolute Gasteiger partial charge is 0.422 e. The van der Waals surface area contributed by atoms with Crippen LogP contribution in [-0.4, -0.2) is 80.4 Å². The van der Waals surface area contributed by atoms with Crippen molar-refractivity contribution in [3.63, 3.8) is 0 Å². The molecule has 260 valence electrons. The fourth-order valence-corrected chi connectivity index (χ4v) is 8.24. The molecule has 15 heteroatoms. The molecule has 0 N–H and O–H groups in total. The number of alkyl halides is 4. The Balaban J connectivity index is 1.26. The molecule has 9 nitrogen and oxygen atoms in total. The number of hydrogen-bond donors (Lipinski definition) is 0. The Hall–Kier alpha value is -3.62. The van der Waals surface area contributed by atoms with Crippen molar-refractivity contribution in [1.82, 2.24) is 29.6 Å². The summed E-state index contributed by atoms with van der Waals surface area (Å²) in [5, 5.41) is 5.46. The van der Waals surface area contributed by atoms with Gasteiger partial charge in [0.15, 0.2) is 18.7 Å². The molecule has 0 amide bonds. The van der Waals surface area contributed by atoms with Gasteiger partial charge in [0, 0.05) is 41.7 Å². The summed E-state index contributed by atoms with van der Waals surface area (Å²) in [7, 11) is 0. The van der Waals surface area contributed by atoms with Gasteiger partial charge in [0.2, 0.25) is 5.88 Å². The second kappa shape index (κ2) is 12.3. The van der Waals surface area contributed by atoms with Crippen molar-refractivity contribution in [2.24, 2.45) is 5.92 Å². The molecule has 0 spiro atoms. The number of fused-ring (bicyclic) bond motifs is 3. The molecule has 1 aromatic carbocycles. The standard InChI is InChI=1S/C34H34ClF5N6O3/c1-2-18-10-20(18)26-23(35)11-24-21(14-42-46(24)25-6-3-4-9-47-25)27(26)30-28(37)29-22(13-41-30)31(48-17-34(38,39)40)44-32(43-29)49-16-33-7-5-8-45(33)15-19(36)12-33/h2,11,13-14,18-20,25H,1,3-10,12,15-17H2/t18-,19-,20+,25?,33+/m1/s1. The quantitative estimate of drug-likeness (QED) is 0.129. The average Bonchev–Trinajstić information content (AvgIpc) is 3.39. The SMILES string of the molecule is C=C[C@@H]1C[C@@H]1c1c(Cl)cc2c(cnn2C2CCCCO2)c1-c1ncc2c(OCC(F)(F)F)nc(OC[C@@]34CCCN3C[C@H](F)C4)nc2c1F. The second-order valence-corrected chi connectivity index (χ2v) is 13.9. The number of hydrogen-bond acceptors (Lipinski definition) is 8. The van der Waals surface area contributed by atoms with Crippen LogP contribution in [0.2, 0.25) is 5.02 Å². The van der Waals surface area contributed by atoms with Gasteiger partial charge in [-0.3, -0.25) is 9.88 Å². The first kappa shape index (κ1) is 32.6. The molecule has 6 heterocycles. The van der Waals surface area contributed by atoms with Crippen LogP contribution in [0.1, 0.15) is 62.7 Å². The Morgan fingerprint density at radius 3 is 2.76 bits per heavy atom. The van der Waals surface area contributed by atoms with Crippen LogP contribution < -0.4 is 9.47 Å². The molecule has 5 atom stereocenters. The maximum Gasteiger partial charge on any atom is 0.422 e. The van der Waals surface area contributed by atoms with Crippen molar-refractivity contribution in [1.29, 1.82) is 0 Å². The normalized spacial score (nSPS) is 27.1. The number of pyridine rings is 1. The zero-order chi connectivity index (χ0) is 34.1. The predicted octanol–water partition coefficient (Wildman–Crippen LogP) is 7.72. The van der Waals surface area contributed by atoms with Gasteiger partial charge in [-0.25, -0.2) is 13.5 Å². The fraction of sp³-hybridized carbons (Fsp3) is 0.529. The summed E-state index contributed by atoms with van der Waals surface area (Å²) in [6, 6.07) is 1.43. The summed E-state index contributed by atoms with van der Waals surface area (Å²) in [6.45, 7) is 3.82. The lowest BCUT2D eigenvalue weighted by Crippen LogP contribution is -2.43. The number of nitrogens with zero attached hydrogens (tertiary/aromatic N) is 6. The largest absolute Gasteiger partial charge is 0.467 e. The van der Waals surface area contributed by atoms with Gasteiger partial charge < -0.3 is 14.2 Å². The van der Waals surface area contributed by atoms with Gasteiger partial charge in [0.1, 0.15) is 24.0 Å². The first-order chi connectivity index (χ1) is 23.5. The summed E-state index contributed by atoms with van der Waals surface area (Å²) < 4.78 is 90.0. The predicted molar refractivity (Wildman–Crippen MR) is 171 cm³/mol. The molecule has 8 rings (SSSR count). The first-order valence-electron chi connectivity index (χ1n) is 16.6. The van der Waals surface area contributed by atoms with E-state index < -0.39 is 36.2 Å². The highest BCUT2D eigenvalue weighted by molar-refractivity contribution is 6.33.